The molecule has 1 saturated carbocycles. The van der Waals surface area contributed by atoms with Gasteiger partial charge >= 0.3 is 5.97 Å². The second-order valence-corrected chi connectivity index (χ2v) is 7.70. The Morgan fingerprint density at radius 1 is 1.29 bits per heavy atom. The van der Waals surface area contributed by atoms with Gasteiger partial charge in [0.15, 0.2) is 0 Å². The summed E-state index contributed by atoms with van der Waals surface area (Å²) in [5, 5.41) is 9.30. The minimum absolute atomic E-state index is 0.0578. The molecule has 1 fully saturated rings. The molecule has 2 N–H and O–H groups in total. The fourth-order valence-electron chi connectivity index (χ4n) is 2.22. The van der Waals surface area contributed by atoms with E-state index in [9.17, 15) is 18.3 Å². The summed E-state index contributed by atoms with van der Waals surface area (Å²) in [5.74, 6) is -1.22. The van der Waals surface area contributed by atoms with Crippen molar-refractivity contribution in [3.63, 3.8) is 0 Å². The van der Waals surface area contributed by atoms with Gasteiger partial charge in [-0.25, -0.2) is 13.1 Å². The third-order valence-electron chi connectivity index (χ3n) is 3.50. The summed E-state index contributed by atoms with van der Waals surface area (Å²) in [4.78, 5) is 11.5. The lowest BCUT2D eigenvalue weighted by Crippen LogP contribution is -2.25. The van der Waals surface area contributed by atoms with Crippen LogP contribution in [0.4, 0.5) is 0 Å². The lowest BCUT2D eigenvalue weighted by Gasteiger charge is -2.15. The van der Waals surface area contributed by atoms with Crippen LogP contribution in [0.25, 0.3) is 0 Å². The first-order valence-electron chi connectivity index (χ1n) is 7.14. The summed E-state index contributed by atoms with van der Waals surface area (Å²) in [6, 6.07) is 6.22. The highest BCUT2D eigenvalue weighted by atomic mass is 32.2. The number of carboxylic acids is 1. The Kier molecular flexibility index (Phi) is 4.68. The average Bonchev–Trinajstić information content (AvgIpc) is 3.19. The molecule has 21 heavy (non-hydrogen) atoms. The zero-order chi connectivity index (χ0) is 15.6. The maximum Gasteiger partial charge on any atom is 0.310 e. The largest absolute Gasteiger partial charge is 0.481 e. The minimum Gasteiger partial charge on any atom is -0.481 e. The number of rotatable bonds is 7. The Labute approximate surface area is 125 Å². The first kappa shape index (κ1) is 16.0. The molecule has 6 heteroatoms. The van der Waals surface area contributed by atoms with Crippen LogP contribution >= 0.6 is 0 Å². The van der Waals surface area contributed by atoms with E-state index in [1.165, 1.54) is 12.1 Å². The molecule has 5 nitrogen and oxygen atoms in total. The molecule has 1 aliphatic rings. The Morgan fingerprint density at radius 3 is 2.29 bits per heavy atom. The van der Waals surface area contributed by atoms with Crippen molar-refractivity contribution in [2.45, 2.75) is 50.0 Å². The molecule has 0 amide bonds. The van der Waals surface area contributed by atoms with Gasteiger partial charge in [-0.05, 0) is 42.9 Å². The highest BCUT2D eigenvalue weighted by molar-refractivity contribution is 7.89. The number of hydrogen-bond donors (Lipinski definition) is 2. The van der Waals surface area contributed by atoms with Crippen molar-refractivity contribution in [1.29, 1.82) is 0 Å². The van der Waals surface area contributed by atoms with Gasteiger partial charge in [-0.15, -0.1) is 0 Å². The SMILES string of the molecule is CC(C)CC(C(=O)O)c1ccc(S(=O)(=O)NC2CC2)cc1. The maximum atomic E-state index is 12.0. The molecule has 0 aliphatic heterocycles. The molecule has 2 rings (SSSR count). The van der Waals surface area contributed by atoms with Crippen molar-refractivity contribution in [2.24, 2.45) is 5.92 Å². The van der Waals surface area contributed by atoms with E-state index >= 15 is 0 Å². The summed E-state index contributed by atoms with van der Waals surface area (Å²) in [5.41, 5.74) is 0.640. The predicted molar refractivity (Wildman–Crippen MR) is 79.6 cm³/mol. The molecule has 0 bridgehead atoms. The number of hydrogen-bond acceptors (Lipinski definition) is 3. The summed E-state index contributed by atoms with van der Waals surface area (Å²) < 4.78 is 26.7. The Bertz CT molecular complexity index is 603. The molecule has 1 aliphatic carbocycles. The summed E-state index contributed by atoms with van der Waals surface area (Å²) >= 11 is 0. The molecule has 0 spiro atoms. The quantitative estimate of drug-likeness (QED) is 0.809. The summed E-state index contributed by atoms with van der Waals surface area (Å²) in [7, 11) is -3.48. The van der Waals surface area contributed by atoms with E-state index < -0.39 is 21.9 Å². The molecule has 1 unspecified atom stereocenters. The van der Waals surface area contributed by atoms with E-state index in [0.29, 0.717) is 12.0 Å². The molecule has 116 valence electrons. The smallest absolute Gasteiger partial charge is 0.310 e. The van der Waals surface area contributed by atoms with Crippen LogP contribution in [0.2, 0.25) is 0 Å². The van der Waals surface area contributed by atoms with Gasteiger partial charge in [-0.1, -0.05) is 26.0 Å². The molecule has 0 aromatic heterocycles. The fourth-order valence-corrected chi connectivity index (χ4v) is 3.52. The van der Waals surface area contributed by atoms with Crippen LogP contribution in [-0.2, 0) is 14.8 Å². The van der Waals surface area contributed by atoms with Gasteiger partial charge in [-0.2, -0.15) is 0 Å². The van der Waals surface area contributed by atoms with Crippen LogP contribution in [-0.4, -0.2) is 25.5 Å². The van der Waals surface area contributed by atoms with Gasteiger partial charge < -0.3 is 5.11 Å². The fraction of sp³-hybridized carbons (Fsp3) is 0.533. The molecule has 0 saturated heterocycles. The van der Waals surface area contributed by atoms with E-state index in [0.717, 1.165) is 12.8 Å². The van der Waals surface area contributed by atoms with Crippen molar-refractivity contribution >= 4 is 16.0 Å². The number of nitrogens with one attached hydrogen (secondary N) is 1. The van der Waals surface area contributed by atoms with Gasteiger partial charge in [0.1, 0.15) is 0 Å². The van der Waals surface area contributed by atoms with E-state index in [1.54, 1.807) is 12.1 Å². The van der Waals surface area contributed by atoms with E-state index in [2.05, 4.69) is 4.72 Å². The van der Waals surface area contributed by atoms with Crippen molar-refractivity contribution < 1.29 is 18.3 Å². The van der Waals surface area contributed by atoms with Crippen molar-refractivity contribution in [3.05, 3.63) is 29.8 Å². The zero-order valence-electron chi connectivity index (χ0n) is 12.2. The van der Waals surface area contributed by atoms with Crippen molar-refractivity contribution in [3.8, 4) is 0 Å². The highest BCUT2D eigenvalue weighted by Crippen LogP contribution is 2.26. The van der Waals surface area contributed by atoms with Crippen LogP contribution in [0.3, 0.4) is 0 Å². The maximum absolute atomic E-state index is 12.0. The van der Waals surface area contributed by atoms with E-state index in [4.69, 9.17) is 0 Å². The molecular weight excluding hydrogens is 290 g/mol. The minimum atomic E-state index is -3.48. The standard InChI is InChI=1S/C15H21NO4S/c1-10(2)9-14(15(17)18)11-3-7-13(8-4-11)21(19,20)16-12-5-6-12/h3-4,7-8,10,12,14,16H,5-6,9H2,1-2H3,(H,17,18). The lowest BCUT2D eigenvalue weighted by molar-refractivity contribution is -0.139. The Hall–Kier alpha value is -1.40. The average molecular weight is 311 g/mol. The van der Waals surface area contributed by atoms with Crippen LogP contribution in [0.5, 0.6) is 0 Å². The highest BCUT2D eigenvalue weighted by Gasteiger charge is 2.28. The van der Waals surface area contributed by atoms with Crippen LogP contribution in [0.1, 0.15) is 44.6 Å². The molecule has 0 radical (unpaired) electrons. The molecule has 1 aromatic rings. The number of carboxylic acid groups (broad SMARTS) is 1. The third-order valence-corrected chi connectivity index (χ3v) is 5.03. The Balaban J connectivity index is 2.18. The van der Waals surface area contributed by atoms with Gasteiger partial charge in [0.05, 0.1) is 10.8 Å². The zero-order valence-corrected chi connectivity index (χ0v) is 13.1. The Morgan fingerprint density at radius 2 is 1.86 bits per heavy atom. The first-order chi connectivity index (χ1) is 9.79. The van der Waals surface area contributed by atoms with Crippen LogP contribution in [0, 0.1) is 5.92 Å². The molecular formula is C15H21NO4S. The second-order valence-electron chi connectivity index (χ2n) is 5.98. The van der Waals surface area contributed by atoms with Gasteiger partial charge in [0.25, 0.3) is 0 Å². The predicted octanol–water partition coefficient (Wildman–Crippen LogP) is 2.34. The summed E-state index contributed by atoms with van der Waals surface area (Å²) in [6.07, 6.45) is 2.29. The number of aliphatic carboxylic acids is 1. The van der Waals surface area contributed by atoms with Crippen LogP contribution in [0.15, 0.2) is 29.2 Å². The number of carbonyl (C=O) groups is 1. The molecule has 0 heterocycles. The molecule has 1 atom stereocenters. The number of sulfonamides is 1. The van der Waals surface area contributed by atoms with Crippen molar-refractivity contribution in [1.82, 2.24) is 4.72 Å². The van der Waals surface area contributed by atoms with Gasteiger partial charge in [0, 0.05) is 6.04 Å². The van der Waals surface area contributed by atoms with Gasteiger partial charge in [-0.3, -0.25) is 4.79 Å². The van der Waals surface area contributed by atoms with E-state index in [-0.39, 0.29) is 16.9 Å². The summed E-state index contributed by atoms with van der Waals surface area (Å²) in [6.45, 7) is 3.93. The molecule has 1 aromatic carbocycles. The number of benzene rings is 1. The van der Waals surface area contributed by atoms with Crippen LogP contribution < -0.4 is 4.72 Å². The topological polar surface area (TPSA) is 83.5 Å². The van der Waals surface area contributed by atoms with Crippen molar-refractivity contribution in [2.75, 3.05) is 0 Å². The third kappa shape index (κ3) is 4.28. The first-order valence-corrected chi connectivity index (χ1v) is 8.63. The van der Waals surface area contributed by atoms with Gasteiger partial charge in [0.2, 0.25) is 10.0 Å². The normalized spacial score (nSPS) is 16.9. The van der Waals surface area contributed by atoms with E-state index in [1.807, 2.05) is 13.8 Å². The monoisotopic (exact) mass is 311 g/mol. The lowest BCUT2D eigenvalue weighted by atomic mass is 9.90. The second kappa shape index (κ2) is 6.15.